The van der Waals surface area contributed by atoms with Gasteiger partial charge in [-0.2, -0.15) is 11.8 Å². The first-order chi connectivity index (χ1) is 12.8. The molecule has 27 heavy (non-hydrogen) atoms. The third kappa shape index (κ3) is 7.30. The Labute approximate surface area is 167 Å². The van der Waals surface area contributed by atoms with Gasteiger partial charge in [-0.3, -0.25) is 4.79 Å². The molecule has 0 aliphatic carbocycles. The van der Waals surface area contributed by atoms with Crippen molar-refractivity contribution in [3.63, 3.8) is 0 Å². The predicted octanol–water partition coefficient (Wildman–Crippen LogP) is 5.11. The Morgan fingerprint density at radius 1 is 1.07 bits per heavy atom. The van der Waals surface area contributed by atoms with E-state index in [4.69, 9.17) is 4.74 Å². The topological polar surface area (TPSA) is 38.3 Å². The summed E-state index contributed by atoms with van der Waals surface area (Å²) in [6.07, 6.45) is -0.507. The van der Waals surface area contributed by atoms with Gasteiger partial charge in [-0.1, -0.05) is 62.7 Å². The van der Waals surface area contributed by atoms with E-state index in [-0.39, 0.29) is 11.3 Å². The first-order valence-corrected chi connectivity index (χ1v) is 10.6. The molecule has 1 amide bonds. The van der Waals surface area contributed by atoms with Gasteiger partial charge in [0.2, 0.25) is 0 Å². The normalized spacial score (nSPS) is 12.5. The Hall–Kier alpha value is -1.94. The maximum absolute atomic E-state index is 12.2. The Bertz CT molecular complexity index is 718. The highest BCUT2D eigenvalue weighted by atomic mass is 32.2. The van der Waals surface area contributed by atoms with Crippen LogP contribution in [0.15, 0.2) is 48.5 Å². The van der Waals surface area contributed by atoms with E-state index in [1.54, 1.807) is 6.92 Å². The molecule has 2 rings (SSSR count). The minimum absolute atomic E-state index is 0.0779. The number of hydrogen-bond donors (Lipinski definition) is 1. The quantitative estimate of drug-likeness (QED) is 0.642. The molecule has 0 aliphatic rings. The van der Waals surface area contributed by atoms with Crippen molar-refractivity contribution in [3.8, 4) is 5.75 Å². The van der Waals surface area contributed by atoms with Crippen LogP contribution >= 0.6 is 11.8 Å². The number of ether oxygens (including phenoxy) is 1. The van der Waals surface area contributed by atoms with E-state index in [2.05, 4.69) is 69.4 Å². The van der Waals surface area contributed by atoms with E-state index in [1.807, 2.05) is 23.9 Å². The zero-order valence-electron chi connectivity index (χ0n) is 17.0. The monoisotopic (exact) mass is 385 g/mol. The Balaban J connectivity index is 1.68. The molecule has 0 unspecified atom stereocenters. The summed E-state index contributed by atoms with van der Waals surface area (Å²) < 4.78 is 5.76. The molecule has 0 saturated carbocycles. The Kier molecular flexibility index (Phi) is 7.78. The van der Waals surface area contributed by atoms with Crippen LogP contribution in [0.3, 0.4) is 0 Å². The standard InChI is InChI=1S/C23H31NO2S/c1-17-6-8-19(9-7-17)16-27-15-14-24-22(25)18(2)26-21-12-10-20(11-13-21)23(3,4)5/h6-13,18H,14-16H2,1-5H3,(H,24,25)/t18-/m1/s1. The van der Waals surface area contributed by atoms with Gasteiger partial charge in [-0.15, -0.1) is 0 Å². The second-order valence-corrected chi connectivity index (χ2v) is 8.97. The van der Waals surface area contributed by atoms with Crippen LogP contribution < -0.4 is 10.1 Å². The van der Waals surface area contributed by atoms with Crippen LogP contribution in [-0.4, -0.2) is 24.3 Å². The van der Waals surface area contributed by atoms with Gasteiger partial charge in [0, 0.05) is 18.1 Å². The number of carbonyl (C=O) groups excluding carboxylic acids is 1. The lowest BCUT2D eigenvalue weighted by Gasteiger charge is -2.20. The summed E-state index contributed by atoms with van der Waals surface area (Å²) in [4.78, 5) is 12.2. The van der Waals surface area contributed by atoms with E-state index in [1.165, 1.54) is 16.7 Å². The molecule has 146 valence electrons. The summed E-state index contributed by atoms with van der Waals surface area (Å²) in [5.74, 6) is 2.49. The summed E-state index contributed by atoms with van der Waals surface area (Å²) in [6.45, 7) is 11.1. The molecule has 0 bridgehead atoms. The lowest BCUT2D eigenvalue weighted by molar-refractivity contribution is -0.127. The molecule has 0 heterocycles. The van der Waals surface area contributed by atoms with Gasteiger partial charge in [0.1, 0.15) is 5.75 Å². The van der Waals surface area contributed by atoms with Crippen LogP contribution in [0, 0.1) is 6.92 Å². The molecule has 2 aromatic rings. The number of carbonyl (C=O) groups is 1. The Morgan fingerprint density at radius 2 is 1.70 bits per heavy atom. The number of aryl methyl sites for hydroxylation is 1. The van der Waals surface area contributed by atoms with Gasteiger partial charge in [0.25, 0.3) is 5.91 Å². The van der Waals surface area contributed by atoms with Crippen LogP contribution in [0.1, 0.15) is 44.4 Å². The fraction of sp³-hybridized carbons (Fsp3) is 0.435. The molecule has 3 nitrogen and oxygen atoms in total. The molecule has 0 spiro atoms. The smallest absolute Gasteiger partial charge is 0.260 e. The molecule has 0 aliphatic heterocycles. The molecular weight excluding hydrogens is 354 g/mol. The summed E-state index contributed by atoms with van der Waals surface area (Å²) in [5, 5.41) is 2.95. The molecule has 2 aromatic carbocycles. The fourth-order valence-electron chi connectivity index (χ4n) is 2.56. The molecule has 0 radical (unpaired) electrons. The number of rotatable bonds is 8. The number of nitrogens with one attached hydrogen (secondary N) is 1. The highest BCUT2D eigenvalue weighted by Crippen LogP contribution is 2.24. The van der Waals surface area contributed by atoms with Gasteiger partial charge < -0.3 is 10.1 Å². The third-order valence-corrected chi connectivity index (χ3v) is 5.37. The molecule has 1 atom stereocenters. The van der Waals surface area contributed by atoms with Crippen LogP contribution in [-0.2, 0) is 16.0 Å². The molecule has 0 aromatic heterocycles. The van der Waals surface area contributed by atoms with Gasteiger partial charge in [0.05, 0.1) is 0 Å². The highest BCUT2D eigenvalue weighted by Gasteiger charge is 2.16. The van der Waals surface area contributed by atoms with Crippen molar-refractivity contribution < 1.29 is 9.53 Å². The SMILES string of the molecule is Cc1ccc(CSCCNC(=O)[C@@H](C)Oc2ccc(C(C)(C)C)cc2)cc1. The van der Waals surface area contributed by atoms with Crippen molar-refractivity contribution in [2.75, 3.05) is 12.3 Å². The van der Waals surface area contributed by atoms with Crippen molar-refractivity contribution >= 4 is 17.7 Å². The van der Waals surface area contributed by atoms with Gasteiger partial charge in [-0.05, 0) is 42.5 Å². The number of hydrogen-bond acceptors (Lipinski definition) is 3. The van der Waals surface area contributed by atoms with Gasteiger partial charge in [0.15, 0.2) is 6.10 Å². The number of amides is 1. The molecule has 0 saturated heterocycles. The predicted molar refractivity (Wildman–Crippen MR) is 116 cm³/mol. The zero-order chi connectivity index (χ0) is 19.9. The van der Waals surface area contributed by atoms with Crippen LogP contribution in [0.4, 0.5) is 0 Å². The minimum Gasteiger partial charge on any atom is -0.481 e. The average molecular weight is 386 g/mol. The maximum Gasteiger partial charge on any atom is 0.260 e. The number of benzene rings is 2. The first kappa shape index (κ1) is 21.4. The summed E-state index contributed by atoms with van der Waals surface area (Å²) in [5.41, 5.74) is 3.94. The van der Waals surface area contributed by atoms with Crippen LogP contribution in [0.2, 0.25) is 0 Å². The third-order valence-electron chi connectivity index (χ3n) is 4.34. The second kappa shape index (κ2) is 9.84. The largest absolute Gasteiger partial charge is 0.481 e. The van der Waals surface area contributed by atoms with Gasteiger partial charge in [-0.25, -0.2) is 0 Å². The summed E-state index contributed by atoms with van der Waals surface area (Å²) in [6, 6.07) is 16.5. The average Bonchev–Trinajstić information content (AvgIpc) is 2.62. The summed E-state index contributed by atoms with van der Waals surface area (Å²) >= 11 is 1.82. The van der Waals surface area contributed by atoms with E-state index in [0.29, 0.717) is 6.54 Å². The van der Waals surface area contributed by atoms with Crippen molar-refractivity contribution in [1.82, 2.24) is 5.32 Å². The van der Waals surface area contributed by atoms with E-state index in [9.17, 15) is 4.79 Å². The van der Waals surface area contributed by atoms with Crippen molar-refractivity contribution in [2.24, 2.45) is 0 Å². The van der Waals surface area contributed by atoms with E-state index >= 15 is 0 Å². The van der Waals surface area contributed by atoms with Crippen molar-refractivity contribution in [1.29, 1.82) is 0 Å². The lowest BCUT2D eigenvalue weighted by atomic mass is 9.87. The first-order valence-electron chi connectivity index (χ1n) is 9.44. The fourth-order valence-corrected chi connectivity index (χ4v) is 3.37. The van der Waals surface area contributed by atoms with E-state index < -0.39 is 6.10 Å². The van der Waals surface area contributed by atoms with Crippen molar-refractivity contribution in [3.05, 3.63) is 65.2 Å². The van der Waals surface area contributed by atoms with Crippen LogP contribution in [0.5, 0.6) is 5.75 Å². The molecule has 1 N–H and O–H groups in total. The lowest BCUT2D eigenvalue weighted by Crippen LogP contribution is -2.37. The van der Waals surface area contributed by atoms with Crippen LogP contribution in [0.25, 0.3) is 0 Å². The number of thioether (sulfide) groups is 1. The second-order valence-electron chi connectivity index (χ2n) is 7.86. The minimum atomic E-state index is -0.507. The van der Waals surface area contributed by atoms with E-state index in [0.717, 1.165) is 17.3 Å². The highest BCUT2D eigenvalue weighted by molar-refractivity contribution is 7.98. The maximum atomic E-state index is 12.2. The molecule has 0 fully saturated rings. The van der Waals surface area contributed by atoms with Crippen molar-refractivity contribution in [2.45, 2.75) is 51.9 Å². The molecule has 4 heteroatoms. The summed E-state index contributed by atoms with van der Waals surface area (Å²) in [7, 11) is 0. The Morgan fingerprint density at radius 3 is 2.30 bits per heavy atom. The van der Waals surface area contributed by atoms with Gasteiger partial charge >= 0.3 is 0 Å². The zero-order valence-corrected chi connectivity index (χ0v) is 17.9. The molecular formula is C23H31NO2S.